The summed E-state index contributed by atoms with van der Waals surface area (Å²) >= 11 is 0. The van der Waals surface area contributed by atoms with Crippen molar-refractivity contribution in [3.05, 3.63) is 71.8 Å². The van der Waals surface area contributed by atoms with Crippen molar-refractivity contribution in [3.8, 4) is 0 Å². The number of nitrogens with one attached hydrogen (secondary N) is 2. The Hall–Kier alpha value is -3.72. The van der Waals surface area contributed by atoms with Crippen LogP contribution in [0.15, 0.2) is 60.7 Å². The van der Waals surface area contributed by atoms with Crippen LogP contribution in [0.1, 0.15) is 56.6 Å². The largest absolute Gasteiger partial charge is 0.354 e. The van der Waals surface area contributed by atoms with Gasteiger partial charge in [-0.3, -0.25) is 0 Å². The van der Waals surface area contributed by atoms with Gasteiger partial charge in [0.2, 0.25) is 0 Å². The van der Waals surface area contributed by atoms with E-state index in [1.165, 1.54) is 115 Å². The third-order valence-corrected chi connectivity index (χ3v) is 8.58. The van der Waals surface area contributed by atoms with Gasteiger partial charge in [-0.2, -0.15) is 0 Å². The van der Waals surface area contributed by atoms with Crippen molar-refractivity contribution in [1.82, 2.24) is 14.5 Å². The summed E-state index contributed by atoms with van der Waals surface area (Å²) in [6, 6.07) is 22.3. The maximum absolute atomic E-state index is 3.71. The van der Waals surface area contributed by atoms with Gasteiger partial charge in [0.1, 0.15) is 0 Å². The smallest absolute Gasteiger partial charge is 0.0528 e. The first-order valence-electron chi connectivity index (χ1n) is 14.0. The second-order valence-corrected chi connectivity index (χ2v) is 10.9. The summed E-state index contributed by atoms with van der Waals surface area (Å²) in [6.45, 7) is 8.02. The first kappa shape index (κ1) is 22.5. The molecule has 3 nitrogen and oxygen atoms in total. The number of benzene rings is 4. The molecule has 0 aliphatic carbocycles. The number of fused-ring (bicyclic) bond motifs is 9. The van der Waals surface area contributed by atoms with Crippen LogP contribution in [-0.2, 0) is 6.54 Å². The van der Waals surface area contributed by atoms with Crippen molar-refractivity contribution < 1.29 is 0 Å². The Morgan fingerprint density at radius 1 is 0.568 bits per heavy atom. The molecule has 2 N–H and O–H groups in total. The normalized spacial score (nSPS) is 12.4. The molecule has 37 heavy (non-hydrogen) atoms. The van der Waals surface area contributed by atoms with E-state index in [1.807, 2.05) is 0 Å². The van der Waals surface area contributed by atoms with E-state index in [9.17, 15) is 0 Å². The number of hydrogen-bond acceptors (Lipinski definition) is 0. The molecule has 0 radical (unpaired) electrons. The van der Waals surface area contributed by atoms with Crippen molar-refractivity contribution in [2.45, 2.75) is 65.8 Å². The Morgan fingerprint density at radius 3 is 1.59 bits per heavy atom. The van der Waals surface area contributed by atoms with Crippen molar-refractivity contribution in [1.29, 1.82) is 0 Å². The molecule has 0 saturated carbocycles. The molecule has 4 aromatic carbocycles. The maximum Gasteiger partial charge on any atom is 0.0528 e. The molecule has 3 aromatic heterocycles. The van der Waals surface area contributed by atoms with Crippen LogP contribution in [-0.4, -0.2) is 14.5 Å². The molecule has 0 saturated heterocycles. The van der Waals surface area contributed by atoms with Crippen molar-refractivity contribution in [2.75, 3.05) is 0 Å². The average Bonchev–Trinajstić information content (AvgIpc) is 3.56. The number of aryl methyl sites for hydroxylation is 3. The number of rotatable bonds is 7. The summed E-state index contributed by atoms with van der Waals surface area (Å²) in [5, 5.41) is 8.10. The van der Waals surface area contributed by atoms with E-state index in [4.69, 9.17) is 0 Å². The van der Waals surface area contributed by atoms with Gasteiger partial charge in [0.15, 0.2) is 0 Å². The zero-order valence-electron chi connectivity index (χ0n) is 22.2. The predicted molar refractivity (Wildman–Crippen MR) is 161 cm³/mol. The van der Waals surface area contributed by atoms with Gasteiger partial charge in [-0.1, -0.05) is 75.4 Å². The molecule has 0 aliphatic rings. The Morgan fingerprint density at radius 2 is 1.05 bits per heavy atom. The molecule has 0 unspecified atom stereocenters. The van der Waals surface area contributed by atoms with Gasteiger partial charge in [0.25, 0.3) is 0 Å². The number of nitrogens with zero attached hydrogens (tertiary/aromatic N) is 1. The lowest BCUT2D eigenvalue weighted by Crippen LogP contribution is -2.01. The highest BCUT2D eigenvalue weighted by molar-refractivity contribution is 6.23. The van der Waals surface area contributed by atoms with Gasteiger partial charge in [-0.15, -0.1) is 0 Å². The summed E-state index contributed by atoms with van der Waals surface area (Å²) in [6.07, 6.45) is 7.86. The van der Waals surface area contributed by atoms with Crippen LogP contribution in [0, 0.1) is 13.8 Å². The molecule has 0 amide bonds. The zero-order chi connectivity index (χ0) is 25.1. The third kappa shape index (κ3) is 3.33. The van der Waals surface area contributed by atoms with E-state index in [2.05, 4.69) is 96.0 Å². The van der Waals surface area contributed by atoms with Gasteiger partial charge in [0.05, 0.1) is 11.0 Å². The Kier molecular flexibility index (Phi) is 5.28. The lowest BCUT2D eigenvalue weighted by Gasteiger charge is -2.12. The summed E-state index contributed by atoms with van der Waals surface area (Å²) in [5.74, 6) is 0. The van der Waals surface area contributed by atoms with Gasteiger partial charge < -0.3 is 14.5 Å². The number of aromatic nitrogens is 3. The van der Waals surface area contributed by atoms with Gasteiger partial charge in [0, 0.05) is 60.9 Å². The molecular formula is C34H35N3. The Labute approximate surface area is 217 Å². The summed E-state index contributed by atoms with van der Waals surface area (Å²) in [7, 11) is 0. The van der Waals surface area contributed by atoms with Crippen LogP contribution in [0.5, 0.6) is 0 Å². The fourth-order valence-electron chi connectivity index (χ4n) is 6.91. The molecule has 0 bridgehead atoms. The number of H-pyrrole nitrogens is 2. The lowest BCUT2D eigenvalue weighted by atomic mass is 10.0. The summed E-state index contributed by atoms with van der Waals surface area (Å²) < 4.78 is 2.66. The summed E-state index contributed by atoms with van der Waals surface area (Å²) in [5.41, 5.74) is 10.5. The van der Waals surface area contributed by atoms with Crippen LogP contribution in [0.4, 0.5) is 0 Å². The topological polar surface area (TPSA) is 36.5 Å². The minimum Gasteiger partial charge on any atom is -0.354 e. The van der Waals surface area contributed by atoms with E-state index in [1.54, 1.807) is 0 Å². The monoisotopic (exact) mass is 485 g/mol. The van der Waals surface area contributed by atoms with Gasteiger partial charge in [-0.25, -0.2) is 0 Å². The van der Waals surface area contributed by atoms with Crippen LogP contribution in [0.2, 0.25) is 0 Å². The van der Waals surface area contributed by atoms with Crippen LogP contribution in [0.3, 0.4) is 0 Å². The number of aromatic amines is 2. The van der Waals surface area contributed by atoms with Gasteiger partial charge >= 0.3 is 0 Å². The molecular weight excluding hydrogens is 450 g/mol. The third-order valence-electron chi connectivity index (χ3n) is 8.58. The second-order valence-electron chi connectivity index (χ2n) is 10.9. The molecule has 0 aliphatic heterocycles. The first-order valence-corrected chi connectivity index (χ1v) is 14.0. The molecule has 0 fully saturated rings. The quantitative estimate of drug-likeness (QED) is 0.211. The highest BCUT2D eigenvalue weighted by atomic mass is 15.0. The zero-order valence-corrected chi connectivity index (χ0v) is 22.2. The van der Waals surface area contributed by atoms with E-state index >= 15 is 0 Å². The number of hydrogen-bond donors (Lipinski definition) is 2. The fraction of sp³-hybridized carbons (Fsp3) is 0.294. The highest BCUT2D eigenvalue weighted by Crippen LogP contribution is 2.42. The van der Waals surface area contributed by atoms with Gasteiger partial charge in [-0.05, 0) is 55.7 Å². The Bertz CT molecular complexity index is 1810. The minimum atomic E-state index is 1.07. The second kappa shape index (κ2) is 8.69. The average molecular weight is 486 g/mol. The Balaban J connectivity index is 1.53. The molecule has 7 rings (SSSR count). The number of unbranched alkanes of at least 4 members (excludes halogenated alkanes) is 5. The fourth-order valence-corrected chi connectivity index (χ4v) is 6.91. The molecule has 0 spiro atoms. The van der Waals surface area contributed by atoms with E-state index < -0.39 is 0 Å². The maximum atomic E-state index is 3.71. The lowest BCUT2D eigenvalue weighted by molar-refractivity contribution is 0.570. The van der Waals surface area contributed by atoms with E-state index in [0.29, 0.717) is 0 Å². The highest BCUT2D eigenvalue weighted by Gasteiger charge is 2.21. The van der Waals surface area contributed by atoms with Crippen LogP contribution < -0.4 is 0 Å². The predicted octanol–water partition coefficient (Wildman–Crippen LogP) is 10.0. The molecule has 3 heteroatoms. The molecule has 7 aromatic rings. The molecule has 0 atom stereocenters. The SMILES string of the molecule is CCCCCCCCn1c2c(C)c3c(cc2c2cc4[nH]c5ccccc5c4c(C)c21)[nH]c1ccccc13. The van der Waals surface area contributed by atoms with Crippen molar-refractivity contribution in [3.63, 3.8) is 0 Å². The van der Waals surface area contributed by atoms with Crippen molar-refractivity contribution >= 4 is 65.4 Å². The van der Waals surface area contributed by atoms with E-state index in [-0.39, 0.29) is 0 Å². The summed E-state index contributed by atoms with van der Waals surface area (Å²) in [4.78, 5) is 7.43. The van der Waals surface area contributed by atoms with Crippen LogP contribution >= 0.6 is 0 Å². The molecule has 186 valence electrons. The van der Waals surface area contributed by atoms with Crippen LogP contribution in [0.25, 0.3) is 65.4 Å². The van der Waals surface area contributed by atoms with E-state index in [0.717, 1.165) is 6.54 Å². The molecule has 3 heterocycles. The number of para-hydroxylation sites is 2. The standard InChI is InChI=1S/C34H35N3/c1-4-5-6-7-8-13-18-37-33-21(2)31-23-14-9-11-16-27(23)35-29(31)19-25(33)26-20-30-32(22(3)34(26)37)24-15-10-12-17-28(24)36-30/h9-12,14-17,19-20,35-36H,4-8,13,18H2,1-3H3. The van der Waals surface area contributed by atoms with Crippen molar-refractivity contribution in [2.24, 2.45) is 0 Å². The first-order chi connectivity index (χ1) is 18.2. The minimum absolute atomic E-state index is 1.07.